The lowest BCUT2D eigenvalue weighted by atomic mass is 10.1. The van der Waals surface area contributed by atoms with Crippen LogP contribution in [0.3, 0.4) is 0 Å². The first kappa shape index (κ1) is 20.7. The van der Waals surface area contributed by atoms with Gasteiger partial charge in [-0.05, 0) is 30.2 Å². The van der Waals surface area contributed by atoms with Crippen molar-refractivity contribution in [1.29, 1.82) is 0 Å². The minimum Gasteiger partial charge on any atom is -0.497 e. The van der Waals surface area contributed by atoms with Crippen molar-refractivity contribution >= 4 is 11.8 Å². The highest BCUT2D eigenvalue weighted by Gasteiger charge is 2.32. The number of carbonyl (C=O) groups excluding carboxylic acids is 2. The van der Waals surface area contributed by atoms with Gasteiger partial charge >= 0.3 is 0 Å². The number of nitrogens with zero attached hydrogens (tertiary/aromatic N) is 2. The molecular weight excluding hydrogens is 375 g/mol. The van der Waals surface area contributed by atoms with Gasteiger partial charge in [0.2, 0.25) is 11.8 Å². The van der Waals surface area contributed by atoms with E-state index in [9.17, 15) is 14.0 Å². The summed E-state index contributed by atoms with van der Waals surface area (Å²) in [6.45, 7) is 3.54. The molecule has 29 heavy (non-hydrogen) atoms. The molecule has 8 heteroatoms. The van der Waals surface area contributed by atoms with Gasteiger partial charge in [-0.3, -0.25) is 19.5 Å². The average Bonchev–Trinajstić information content (AvgIpc) is 2.71. The third-order valence-electron chi connectivity index (χ3n) is 5.07. The predicted octanol–water partition coefficient (Wildman–Crippen LogP) is 1.54. The van der Waals surface area contributed by atoms with Crippen LogP contribution in [-0.2, 0) is 22.7 Å². The Labute approximate surface area is 169 Å². The number of aromatic nitrogens is 1. The summed E-state index contributed by atoms with van der Waals surface area (Å²) in [5, 5.41) is 5.64. The van der Waals surface area contributed by atoms with Crippen molar-refractivity contribution in [3.63, 3.8) is 0 Å². The van der Waals surface area contributed by atoms with Crippen molar-refractivity contribution in [1.82, 2.24) is 20.5 Å². The van der Waals surface area contributed by atoms with E-state index in [1.807, 2.05) is 17.9 Å². The molecule has 3 rings (SSSR count). The number of amides is 2. The van der Waals surface area contributed by atoms with Gasteiger partial charge < -0.3 is 15.4 Å². The molecule has 2 amide bonds. The maximum absolute atomic E-state index is 14.3. The Morgan fingerprint density at radius 3 is 2.93 bits per heavy atom. The monoisotopic (exact) mass is 400 g/mol. The molecular formula is C21H25FN4O3. The van der Waals surface area contributed by atoms with E-state index in [2.05, 4.69) is 15.6 Å². The Bertz CT molecular complexity index is 890. The number of hydrogen-bond donors (Lipinski definition) is 2. The second-order valence-corrected chi connectivity index (χ2v) is 7.02. The number of hydrogen-bond acceptors (Lipinski definition) is 5. The number of methoxy groups -OCH3 is 1. The van der Waals surface area contributed by atoms with Gasteiger partial charge in [-0.2, -0.15) is 0 Å². The first-order valence-corrected chi connectivity index (χ1v) is 9.48. The molecule has 0 aliphatic carbocycles. The predicted molar refractivity (Wildman–Crippen MR) is 106 cm³/mol. The maximum Gasteiger partial charge on any atom is 0.237 e. The number of rotatable bonds is 7. The smallest absolute Gasteiger partial charge is 0.237 e. The fourth-order valence-electron chi connectivity index (χ4n) is 3.32. The molecule has 154 valence electrons. The highest BCUT2D eigenvalue weighted by Crippen LogP contribution is 2.20. The summed E-state index contributed by atoms with van der Waals surface area (Å²) < 4.78 is 19.4. The van der Waals surface area contributed by atoms with E-state index in [-0.39, 0.29) is 24.8 Å². The standard InChI is InChI=1S/C21H25FN4O3/c1-14-11-23-6-5-15(14)12-25-20(27)10-19-21(28)24-7-8-26(19)13-16-3-4-17(29-2)9-18(16)22/h3-6,9,11,19H,7-8,10,12-13H2,1-2H3,(H,24,28)(H,25,27). The van der Waals surface area contributed by atoms with Crippen LogP contribution in [0.5, 0.6) is 5.75 Å². The van der Waals surface area contributed by atoms with Crippen molar-refractivity contribution < 1.29 is 18.7 Å². The van der Waals surface area contributed by atoms with Crippen LogP contribution >= 0.6 is 0 Å². The first-order valence-electron chi connectivity index (χ1n) is 9.48. The number of ether oxygens (including phenoxy) is 1. The van der Waals surface area contributed by atoms with E-state index in [1.165, 1.54) is 13.2 Å². The van der Waals surface area contributed by atoms with Crippen molar-refractivity contribution in [2.75, 3.05) is 20.2 Å². The van der Waals surface area contributed by atoms with Gasteiger partial charge in [-0.15, -0.1) is 0 Å². The van der Waals surface area contributed by atoms with Gasteiger partial charge in [0.1, 0.15) is 11.6 Å². The van der Waals surface area contributed by atoms with Crippen LogP contribution in [0, 0.1) is 12.7 Å². The van der Waals surface area contributed by atoms with Crippen LogP contribution < -0.4 is 15.4 Å². The number of carbonyl (C=O) groups is 2. The van der Waals surface area contributed by atoms with Gasteiger partial charge in [-0.25, -0.2) is 4.39 Å². The Balaban J connectivity index is 1.64. The summed E-state index contributed by atoms with van der Waals surface area (Å²) in [5.41, 5.74) is 2.41. The number of benzene rings is 1. The normalized spacial score (nSPS) is 16.9. The van der Waals surface area contributed by atoms with Gasteiger partial charge in [0, 0.05) is 50.2 Å². The Kier molecular flexibility index (Phi) is 6.77. The lowest BCUT2D eigenvalue weighted by Gasteiger charge is -2.34. The molecule has 1 unspecified atom stereocenters. The van der Waals surface area contributed by atoms with Gasteiger partial charge in [-0.1, -0.05) is 6.07 Å². The lowest BCUT2D eigenvalue weighted by molar-refractivity contribution is -0.134. The quantitative estimate of drug-likeness (QED) is 0.737. The Morgan fingerprint density at radius 1 is 1.38 bits per heavy atom. The number of pyridine rings is 1. The largest absolute Gasteiger partial charge is 0.497 e. The summed E-state index contributed by atoms with van der Waals surface area (Å²) in [7, 11) is 1.48. The molecule has 1 aromatic carbocycles. The third-order valence-corrected chi connectivity index (χ3v) is 5.07. The number of nitrogens with one attached hydrogen (secondary N) is 2. The molecule has 1 saturated heterocycles. The van der Waals surface area contributed by atoms with Crippen LogP contribution in [0.1, 0.15) is 23.1 Å². The lowest BCUT2D eigenvalue weighted by Crippen LogP contribution is -2.56. The van der Waals surface area contributed by atoms with Crippen molar-refractivity contribution in [2.24, 2.45) is 0 Å². The summed E-state index contributed by atoms with van der Waals surface area (Å²) in [6, 6.07) is 5.84. The molecule has 2 heterocycles. The molecule has 1 aliphatic rings. The maximum atomic E-state index is 14.3. The van der Waals surface area contributed by atoms with E-state index in [1.54, 1.807) is 24.5 Å². The van der Waals surface area contributed by atoms with Crippen LogP contribution in [0.25, 0.3) is 0 Å². The van der Waals surface area contributed by atoms with Gasteiger partial charge in [0.05, 0.1) is 19.6 Å². The summed E-state index contributed by atoms with van der Waals surface area (Å²) in [4.78, 5) is 30.7. The minimum atomic E-state index is -0.649. The first-order chi connectivity index (χ1) is 14.0. The Morgan fingerprint density at radius 2 is 2.21 bits per heavy atom. The van der Waals surface area contributed by atoms with Crippen LogP contribution in [0.2, 0.25) is 0 Å². The zero-order valence-electron chi connectivity index (χ0n) is 16.6. The van der Waals surface area contributed by atoms with E-state index >= 15 is 0 Å². The summed E-state index contributed by atoms with van der Waals surface area (Å²) in [5.74, 6) is -0.416. The SMILES string of the molecule is COc1ccc(CN2CCNC(=O)C2CC(=O)NCc2ccncc2C)c(F)c1. The molecule has 0 bridgehead atoms. The van der Waals surface area contributed by atoms with E-state index in [0.717, 1.165) is 11.1 Å². The van der Waals surface area contributed by atoms with Crippen molar-refractivity contribution in [3.05, 3.63) is 59.2 Å². The second kappa shape index (κ2) is 9.47. The fourth-order valence-corrected chi connectivity index (χ4v) is 3.32. The summed E-state index contributed by atoms with van der Waals surface area (Å²) in [6.07, 6.45) is 3.42. The highest BCUT2D eigenvalue weighted by molar-refractivity contribution is 5.88. The van der Waals surface area contributed by atoms with Gasteiger partial charge in [0.25, 0.3) is 0 Å². The topological polar surface area (TPSA) is 83.6 Å². The summed E-state index contributed by atoms with van der Waals surface area (Å²) >= 11 is 0. The zero-order chi connectivity index (χ0) is 20.8. The molecule has 1 fully saturated rings. The number of halogens is 1. The molecule has 0 spiro atoms. The van der Waals surface area contributed by atoms with Crippen LogP contribution in [0.4, 0.5) is 4.39 Å². The number of aryl methyl sites for hydroxylation is 1. The van der Waals surface area contributed by atoms with Crippen LogP contribution in [-0.4, -0.2) is 47.9 Å². The minimum absolute atomic E-state index is 0.00768. The average molecular weight is 400 g/mol. The third kappa shape index (κ3) is 5.29. The molecule has 7 nitrogen and oxygen atoms in total. The van der Waals surface area contributed by atoms with Gasteiger partial charge in [0.15, 0.2) is 0 Å². The van der Waals surface area contributed by atoms with E-state index in [4.69, 9.17) is 4.74 Å². The van der Waals surface area contributed by atoms with Crippen LogP contribution in [0.15, 0.2) is 36.7 Å². The second-order valence-electron chi connectivity index (χ2n) is 7.02. The molecule has 0 saturated carbocycles. The van der Waals surface area contributed by atoms with E-state index < -0.39 is 11.9 Å². The molecule has 1 aromatic heterocycles. The zero-order valence-corrected chi connectivity index (χ0v) is 16.6. The van der Waals surface area contributed by atoms with Crippen molar-refractivity contribution in [2.45, 2.75) is 32.5 Å². The molecule has 0 radical (unpaired) electrons. The van der Waals surface area contributed by atoms with Crippen molar-refractivity contribution in [3.8, 4) is 5.75 Å². The Hall–Kier alpha value is -3.00. The number of piperazine rings is 1. The molecule has 1 atom stereocenters. The molecule has 2 N–H and O–H groups in total. The molecule has 1 aliphatic heterocycles. The highest BCUT2D eigenvalue weighted by atomic mass is 19.1. The van der Waals surface area contributed by atoms with E-state index in [0.29, 0.717) is 30.9 Å². The molecule has 2 aromatic rings. The fraction of sp³-hybridized carbons (Fsp3) is 0.381.